The Morgan fingerprint density at radius 1 is 1.13 bits per heavy atom. The van der Waals surface area contributed by atoms with Crippen molar-refractivity contribution in [2.75, 3.05) is 31.1 Å². The summed E-state index contributed by atoms with van der Waals surface area (Å²) in [5, 5.41) is 1.84. The van der Waals surface area contributed by atoms with Gasteiger partial charge in [0.15, 0.2) is 0 Å². The van der Waals surface area contributed by atoms with Crippen LogP contribution < -0.4 is 4.90 Å². The highest BCUT2D eigenvalue weighted by atomic mass is 32.1. The van der Waals surface area contributed by atoms with Gasteiger partial charge in [0, 0.05) is 49.4 Å². The molecule has 0 aromatic carbocycles. The number of hydrogen-bond acceptors (Lipinski definition) is 6. The molecule has 6 nitrogen and oxygen atoms in total. The summed E-state index contributed by atoms with van der Waals surface area (Å²) in [4.78, 5) is 29.7. The molecule has 0 aliphatic carbocycles. The van der Waals surface area contributed by atoms with Crippen LogP contribution in [0.1, 0.15) is 29.8 Å². The molecule has 0 radical (unpaired) electrons. The summed E-state index contributed by atoms with van der Waals surface area (Å²) in [7, 11) is 0. The molecule has 0 bridgehead atoms. The minimum Gasteiger partial charge on any atom is -0.340 e. The summed E-state index contributed by atoms with van der Waals surface area (Å²) in [6, 6.07) is 1.84. The lowest BCUT2D eigenvalue weighted by Gasteiger charge is -2.40. The van der Waals surface area contributed by atoms with Gasteiger partial charge in [-0.15, -0.1) is 11.3 Å². The summed E-state index contributed by atoms with van der Waals surface area (Å²) in [6.45, 7) is 3.53. The number of anilines is 1. The molecule has 2 aliphatic rings. The SMILES string of the molecule is O=C(c1cscn1)N1CCC[C@]2(CCN(c3ncccn3)C2)C1. The molecule has 2 aromatic heterocycles. The van der Waals surface area contributed by atoms with Crippen LogP contribution in [0.5, 0.6) is 0 Å². The molecular weight excluding hydrogens is 310 g/mol. The van der Waals surface area contributed by atoms with Gasteiger partial charge in [-0.3, -0.25) is 4.79 Å². The maximum atomic E-state index is 12.6. The monoisotopic (exact) mass is 329 g/mol. The first kappa shape index (κ1) is 14.6. The molecule has 2 saturated heterocycles. The predicted molar refractivity (Wildman–Crippen MR) is 88.5 cm³/mol. The summed E-state index contributed by atoms with van der Waals surface area (Å²) in [5.74, 6) is 0.868. The van der Waals surface area contributed by atoms with Gasteiger partial charge in [0.2, 0.25) is 5.95 Å². The molecule has 7 heteroatoms. The second-order valence-corrected chi connectivity index (χ2v) is 7.14. The van der Waals surface area contributed by atoms with Crippen molar-refractivity contribution < 1.29 is 4.79 Å². The molecule has 2 aromatic rings. The third-order valence-electron chi connectivity index (χ3n) is 4.87. The number of carbonyl (C=O) groups is 1. The van der Waals surface area contributed by atoms with E-state index in [1.165, 1.54) is 11.3 Å². The molecule has 1 amide bonds. The highest BCUT2D eigenvalue weighted by Gasteiger charge is 2.43. The van der Waals surface area contributed by atoms with E-state index in [9.17, 15) is 4.79 Å². The zero-order valence-electron chi connectivity index (χ0n) is 12.9. The average molecular weight is 329 g/mol. The van der Waals surface area contributed by atoms with E-state index < -0.39 is 0 Å². The van der Waals surface area contributed by atoms with Gasteiger partial charge in [0.1, 0.15) is 5.69 Å². The Kier molecular flexibility index (Phi) is 3.72. The Morgan fingerprint density at radius 2 is 2.00 bits per heavy atom. The number of hydrogen-bond donors (Lipinski definition) is 0. The van der Waals surface area contributed by atoms with E-state index in [4.69, 9.17) is 0 Å². The van der Waals surface area contributed by atoms with Crippen molar-refractivity contribution in [2.45, 2.75) is 19.3 Å². The van der Waals surface area contributed by atoms with Gasteiger partial charge in [-0.05, 0) is 25.3 Å². The van der Waals surface area contributed by atoms with E-state index in [-0.39, 0.29) is 11.3 Å². The minimum atomic E-state index is 0.0692. The fourth-order valence-electron chi connectivity index (χ4n) is 3.75. The van der Waals surface area contributed by atoms with Crippen LogP contribution >= 0.6 is 11.3 Å². The lowest BCUT2D eigenvalue weighted by molar-refractivity contribution is 0.0551. The number of likely N-dealkylation sites (tertiary alicyclic amines) is 1. The normalized spacial score (nSPS) is 24.3. The number of piperidine rings is 1. The Bertz CT molecular complexity index is 677. The van der Waals surface area contributed by atoms with E-state index in [0.717, 1.165) is 51.4 Å². The number of amides is 1. The summed E-state index contributed by atoms with van der Waals surface area (Å²) >= 11 is 1.47. The van der Waals surface area contributed by atoms with Crippen LogP contribution in [0.25, 0.3) is 0 Å². The standard InChI is InChI=1S/C16H19N5OS/c22-14(13-9-23-12-19-13)20-7-1-3-16(10-20)4-8-21(11-16)15-17-5-2-6-18-15/h2,5-6,9,12H,1,3-4,7-8,10-11H2/t16-/m0/s1. The molecule has 4 heterocycles. The Morgan fingerprint density at radius 3 is 2.78 bits per heavy atom. The van der Waals surface area contributed by atoms with Crippen LogP contribution in [-0.4, -0.2) is 51.9 Å². The molecule has 23 heavy (non-hydrogen) atoms. The zero-order chi connectivity index (χ0) is 15.7. The molecule has 2 fully saturated rings. The number of carbonyl (C=O) groups excluding carboxylic acids is 1. The molecule has 2 aliphatic heterocycles. The first-order valence-electron chi connectivity index (χ1n) is 7.95. The van der Waals surface area contributed by atoms with Crippen molar-refractivity contribution in [2.24, 2.45) is 5.41 Å². The molecule has 0 saturated carbocycles. The Hall–Kier alpha value is -2.02. The highest BCUT2D eigenvalue weighted by Crippen LogP contribution is 2.40. The van der Waals surface area contributed by atoms with E-state index in [1.807, 2.05) is 16.3 Å². The minimum absolute atomic E-state index is 0.0692. The second kappa shape index (κ2) is 5.88. The summed E-state index contributed by atoms with van der Waals surface area (Å²) in [6.07, 6.45) is 6.88. The van der Waals surface area contributed by atoms with Crippen molar-refractivity contribution in [1.29, 1.82) is 0 Å². The van der Waals surface area contributed by atoms with Crippen LogP contribution in [0.4, 0.5) is 5.95 Å². The first-order chi connectivity index (χ1) is 11.3. The zero-order valence-corrected chi connectivity index (χ0v) is 13.7. The Labute approximate surface area is 139 Å². The van der Waals surface area contributed by atoms with E-state index in [0.29, 0.717) is 5.69 Å². The fraction of sp³-hybridized carbons (Fsp3) is 0.500. The van der Waals surface area contributed by atoms with Crippen molar-refractivity contribution in [1.82, 2.24) is 19.9 Å². The van der Waals surface area contributed by atoms with Gasteiger partial charge in [-0.1, -0.05) is 0 Å². The van der Waals surface area contributed by atoms with Gasteiger partial charge in [-0.25, -0.2) is 15.0 Å². The van der Waals surface area contributed by atoms with Gasteiger partial charge in [0.05, 0.1) is 5.51 Å². The topological polar surface area (TPSA) is 62.2 Å². The highest BCUT2D eigenvalue weighted by molar-refractivity contribution is 7.07. The molecule has 0 unspecified atom stereocenters. The van der Waals surface area contributed by atoms with Crippen LogP contribution in [0.3, 0.4) is 0 Å². The van der Waals surface area contributed by atoms with Crippen LogP contribution in [-0.2, 0) is 0 Å². The van der Waals surface area contributed by atoms with E-state index >= 15 is 0 Å². The lowest BCUT2D eigenvalue weighted by atomic mass is 9.79. The summed E-state index contributed by atoms with van der Waals surface area (Å²) in [5.41, 5.74) is 2.47. The van der Waals surface area contributed by atoms with E-state index in [1.54, 1.807) is 17.9 Å². The first-order valence-corrected chi connectivity index (χ1v) is 8.90. The number of nitrogens with zero attached hydrogens (tertiary/aromatic N) is 5. The Balaban J connectivity index is 1.48. The van der Waals surface area contributed by atoms with Crippen LogP contribution in [0.2, 0.25) is 0 Å². The van der Waals surface area contributed by atoms with Gasteiger partial charge in [0.25, 0.3) is 5.91 Å². The molecule has 4 rings (SSSR count). The third kappa shape index (κ3) is 2.81. The van der Waals surface area contributed by atoms with Crippen LogP contribution in [0.15, 0.2) is 29.4 Å². The number of rotatable bonds is 2. The van der Waals surface area contributed by atoms with Crippen molar-refractivity contribution >= 4 is 23.2 Å². The van der Waals surface area contributed by atoms with Gasteiger partial charge in [-0.2, -0.15) is 0 Å². The second-order valence-electron chi connectivity index (χ2n) is 6.42. The van der Waals surface area contributed by atoms with Gasteiger partial charge >= 0.3 is 0 Å². The van der Waals surface area contributed by atoms with Crippen molar-refractivity contribution in [3.63, 3.8) is 0 Å². The smallest absolute Gasteiger partial charge is 0.273 e. The summed E-state index contributed by atoms with van der Waals surface area (Å²) < 4.78 is 0. The van der Waals surface area contributed by atoms with Gasteiger partial charge < -0.3 is 9.80 Å². The van der Waals surface area contributed by atoms with E-state index in [2.05, 4.69) is 19.9 Å². The number of thiazole rings is 1. The molecule has 0 N–H and O–H groups in total. The third-order valence-corrected chi connectivity index (χ3v) is 5.46. The molecule has 120 valence electrons. The number of aromatic nitrogens is 3. The molecule has 1 spiro atoms. The quantitative estimate of drug-likeness (QED) is 0.844. The maximum absolute atomic E-state index is 12.6. The van der Waals surface area contributed by atoms with Crippen molar-refractivity contribution in [3.05, 3.63) is 35.0 Å². The lowest BCUT2D eigenvalue weighted by Crippen LogP contribution is -2.47. The molecule has 1 atom stereocenters. The average Bonchev–Trinajstić information content (AvgIpc) is 3.26. The van der Waals surface area contributed by atoms with Crippen LogP contribution in [0, 0.1) is 5.41 Å². The largest absolute Gasteiger partial charge is 0.340 e. The van der Waals surface area contributed by atoms with Crippen molar-refractivity contribution in [3.8, 4) is 0 Å². The fourth-order valence-corrected chi connectivity index (χ4v) is 4.28. The predicted octanol–water partition coefficient (Wildman–Crippen LogP) is 2.07. The molecular formula is C16H19N5OS. The maximum Gasteiger partial charge on any atom is 0.273 e.